The second-order valence-corrected chi connectivity index (χ2v) is 13.0. The third kappa shape index (κ3) is 2.95. The van der Waals surface area contributed by atoms with Crippen molar-refractivity contribution in [3.63, 3.8) is 0 Å². The van der Waals surface area contributed by atoms with Crippen LogP contribution in [0.1, 0.15) is 44.2 Å². The van der Waals surface area contributed by atoms with E-state index in [2.05, 4.69) is 123 Å². The first-order valence-corrected chi connectivity index (χ1v) is 13.3. The van der Waals surface area contributed by atoms with Gasteiger partial charge in [-0.25, -0.2) is 0 Å². The molecule has 0 radical (unpaired) electrons. The number of hydrogen-bond acceptors (Lipinski definition) is 4. The lowest BCUT2D eigenvalue weighted by Crippen LogP contribution is -2.47. The van der Waals surface area contributed by atoms with Crippen molar-refractivity contribution in [2.75, 3.05) is 0 Å². The fourth-order valence-electron chi connectivity index (χ4n) is 5.48. The molecule has 156 valence electrons. The zero-order chi connectivity index (χ0) is 21.4. The molecule has 2 unspecified atom stereocenters. The second kappa shape index (κ2) is 7.15. The molecule has 1 fully saturated rings. The van der Waals surface area contributed by atoms with Crippen LogP contribution in [0.3, 0.4) is 0 Å². The number of hydrogen-bond donors (Lipinski definition) is 2. The van der Waals surface area contributed by atoms with Gasteiger partial charge in [0, 0.05) is 19.6 Å². The van der Waals surface area contributed by atoms with E-state index in [1.54, 1.807) is 22.3 Å². The van der Waals surface area contributed by atoms with E-state index in [0.29, 0.717) is 0 Å². The van der Waals surface area contributed by atoms with Crippen LogP contribution in [0, 0.1) is 0 Å². The van der Waals surface area contributed by atoms with Gasteiger partial charge in [0.2, 0.25) is 0 Å². The first-order valence-electron chi connectivity index (χ1n) is 10.8. The molecule has 0 saturated heterocycles. The van der Waals surface area contributed by atoms with Crippen molar-refractivity contribution < 1.29 is 0 Å². The molecule has 0 bridgehead atoms. The number of allylic oxidation sites excluding steroid dienone is 4. The number of thiol groups is 2. The molecule has 0 amide bonds. The first kappa shape index (κ1) is 20.4. The minimum absolute atomic E-state index is 0.0207. The third-order valence-electron chi connectivity index (χ3n) is 7.29. The third-order valence-corrected chi connectivity index (χ3v) is 11.2. The average molecular weight is 477 g/mol. The zero-order valence-electron chi connectivity index (χ0n) is 17.6. The minimum atomic E-state index is 0.0207. The summed E-state index contributed by atoms with van der Waals surface area (Å²) in [6.07, 6.45) is 8.68. The number of thioether (sulfide) groups is 2. The van der Waals surface area contributed by atoms with E-state index in [1.165, 1.54) is 40.2 Å². The van der Waals surface area contributed by atoms with Crippen LogP contribution in [-0.2, 0) is 0 Å². The smallest absolute Gasteiger partial charge is 0.0618 e. The van der Waals surface area contributed by atoms with Crippen LogP contribution in [0.4, 0.5) is 0 Å². The van der Waals surface area contributed by atoms with Gasteiger partial charge in [-0.05, 0) is 103 Å². The molecule has 6 rings (SSSR count). The van der Waals surface area contributed by atoms with Crippen LogP contribution in [0.25, 0.3) is 9.81 Å². The predicted molar refractivity (Wildman–Crippen MR) is 143 cm³/mol. The average Bonchev–Trinajstić information content (AvgIpc) is 3.45. The zero-order valence-corrected chi connectivity index (χ0v) is 21.0. The molecule has 1 saturated carbocycles. The van der Waals surface area contributed by atoms with Crippen LogP contribution in [0.2, 0.25) is 0 Å². The van der Waals surface area contributed by atoms with Gasteiger partial charge in [0.15, 0.2) is 0 Å². The van der Waals surface area contributed by atoms with E-state index >= 15 is 0 Å². The van der Waals surface area contributed by atoms with Crippen LogP contribution < -0.4 is 0 Å². The molecule has 2 heterocycles. The Morgan fingerprint density at radius 2 is 1.03 bits per heavy atom. The van der Waals surface area contributed by atoms with Crippen LogP contribution in [0.5, 0.6) is 0 Å². The molecule has 4 aliphatic rings. The molecule has 0 spiro atoms. The summed E-state index contributed by atoms with van der Waals surface area (Å²) in [5.41, 5.74) is 8.97. The molecule has 2 aliphatic carbocycles. The van der Waals surface area contributed by atoms with Gasteiger partial charge in [-0.2, -0.15) is 0 Å². The van der Waals surface area contributed by atoms with Crippen molar-refractivity contribution in [1.29, 1.82) is 0 Å². The van der Waals surface area contributed by atoms with Crippen LogP contribution in [0.15, 0.2) is 92.8 Å². The highest BCUT2D eigenvalue weighted by Gasteiger charge is 2.59. The summed E-state index contributed by atoms with van der Waals surface area (Å²) in [5.74, 6) is 0. The Hall–Kier alpha value is -1.20. The summed E-state index contributed by atoms with van der Waals surface area (Å²) in [6, 6.07) is 17.3. The van der Waals surface area contributed by atoms with Gasteiger partial charge in [-0.1, -0.05) is 24.3 Å². The van der Waals surface area contributed by atoms with Gasteiger partial charge in [-0.15, -0.1) is 48.8 Å². The SMILES string of the molecule is CC12SC(c3ccc(S)cc3)=CC1=C1CCCC1=C1C=C(c3ccc(S)cc3)SC12C. The lowest BCUT2D eigenvalue weighted by molar-refractivity contribution is 0.607. The largest absolute Gasteiger partial charge is 0.143 e. The number of rotatable bonds is 2. The summed E-state index contributed by atoms with van der Waals surface area (Å²) < 4.78 is 0.0414. The molecule has 0 aromatic heterocycles. The Morgan fingerprint density at radius 1 is 0.645 bits per heavy atom. The monoisotopic (exact) mass is 476 g/mol. The molecule has 0 N–H and O–H groups in total. The van der Waals surface area contributed by atoms with Crippen molar-refractivity contribution >= 4 is 58.6 Å². The summed E-state index contributed by atoms with van der Waals surface area (Å²) in [4.78, 5) is 4.81. The molecule has 0 nitrogen and oxygen atoms in total. The lowest BCUT2D eigenvalue weighted by Gasteiger charge is -2.47. The van der Waals surface area contributed by atoms with E-state index < -0.39 is 0 Å². The molecule has 2 aliphatic heterocycles. The molecule has 4 heteroatoms. The maximum Gasteiger partial charge on any atom is 0.0618 e. The Morgan fingerprint density at radius 3 is 1.42 bits per heavy atom. The van der Waals surface area contributed by atoms with E-state index in [0.717, 1.165) is 9.79 Å². The Balaban J connectivity index is 1.48. The Kier molecular flexibility index (Phi) is 4.71. The van der Waals surface area contributed by atoms with Crippen molar-refractivity contribution in [1.82, 2.24) is 0 Å². The highest BCUT2D eigenvalue weighted by molar-refractivity contribution is 8.14. The fraction of sp³-hybridized carbons (Fsp3) is 0.259. The second-order valence-electron chi connectivity index (χ2n) is 9.02. The minimum Gasteiger partial charge on any atom is -0.143 e. The number of fused-ring (bicyclic) bond motifs is 4. The highest BCUT2D eigenvalue weighted by atomic mass is 32.2. The molecule has 2 aromatic carbocycles. The summed E-state index contributed by atoms with van der Waals surface area (Å²) in [6.45, 7) is 4.96. The first-order chi connectivity index (χ1) is 14.9. The van der Waals surface area contributed by atoms with Crippen molar-refractivity contribution in [2.45, 2.75) is 52.4 Å². The number of benzene rings is 2. The van der Waals surface area contributed by atoms with Gasteiger partial charge in [0.1, 0.15) is 0 Å². The Bertz CT molecular complexity index is 1130. The fourth-order valence-corrected chi connectivity index (χ4v) is 8.96. The lowest BCUT2D eigenvalue weighted by atomic mass is 9.72. The molecule has 2 aromatic rings. The maximum atomic E-state index is 4.48. The normalized spacial score (nSPS) is 29.0. The van der Waals surface area contributed by atoms with Gasteiger partial charge >= 0.3 is 0 Å². The molecular weight excluding hydrogens is 453 g/mol. The predicted octanol–water partition coefficient (Wildman–Crippen LogP) is 8.45. The van der Waals surface area contributed by atoms with Gasteiger partial charge in [0.05, 0.1) is 9.49 Å². The van der Waals surface area contributed by atoms with Gasteiger partial charge in [0.25, 0.3) is 0 Å². The van der Waals surface area contributed by atoms with E-state index in [-0.39, 0.29) is 9.49 Å². The van der Waals surface area contributed by atoms with E-state index in [4.69, 9.17) is 0 Å². The highest BCUT2D eigenvalue weighted by Crippen LogP contribution is 2.70. The van der Waals surface area contributed by atoms with Gasteiger partial charge < -0.3 is 0 Å². The molecule has 31 heavy (non-hydrogen) atoms. The quantitative estimate of drug-likeness (QED) is 0.417. The molecule has 2 atom stereocenters. The Labute approximate surface area is 204 Å². The maximum absolute atomic E-state index is 4.48. The summed E-state index contributed by atoms with van der Waals surface area (Å²) in [7, 11) is 0. The van der Waals surface area contributed by atoms with E-state index in [9.17, 15) is 0 Å². The van der Waals surface area contributed by atoms with Gasteiger partial charge in [-0.3, -0.25) is 0 Å². The summed E-state index contributed by atoms with van der Waals surface area (Å²) in [5, 5.41) is 0. The van der Waals surface area contributed by atoms with Crippen LogP contribution >= 0.6 is 48.8 Å². The summed E-state index contributed by atoms with van der Waals surface area (Å²) >= 11 is 13.1. The van der Waals surface area contributed by atoms with Crippen molar-refractivity contribution in [3.8, 4) is 0 Å². The standard InChI is InChI=1S/C27H24S4/c1-26-22(14-24(30-26)16-6-10-18(28)11-7-16)20-4-3-5-21(20)23-15-25(31-27(23,26)2)17-8-12-19(29)13-9-17/h6-15,28-29H,3-5H2,1-2H3. The van der Waals surface area contributed by atoms with Crippen molar-refractivity contribution in [3.05, 3.63) is 94.1 Å². The molecular formula is C27H24S4. The van der Waals surface area contributed by atoms with E-state index in [1.807, 2.05) is 0 Å². The van der Waals surface area contributed by atoms with Crippen molar-refractivity contribution in [2.24, 2.45) is 0 Å². The topological polar surface area (TPSA) is 0 Å². The van der Waals surface area contributed by atoms with Crippen LogP contribution in [-0.4, -0.2) is 9.49 Å².